The van der Waals surface area contributed by atoms with Crippen molar-refractivity contribution in [2.45, 2.75) is 38.9 Å². The second-order valence-corrected chi connectivity index (χ2v) is 11.0. The monoisotopic (exact) mass is 272 g/mol. The Morgan fingerprint density at radius 2 is 2.00 bits per heavy atom. The van der Waals surface area contributed by atoms with Gasteiger partial charge in [-0.3, -0.25) is 4.98 Å². The molecule has 1 aromatic rings. The molecule has 0 saturated heterocycles. The second kappa shape index (κ2) is 7.49. The normalized spacial score (nSPS) is 11.9. The molecule has 1 heterocycles. The summed E-state index contributed by atoms with van der Waals surface area (Å²) in [7, 11) is 0.413. The summed E-state index contributed by atoms with van der Waals surface area (Å²) >= 11 is 0. The number of hydrogen-bond acceptors (Lipinski definition) is 3. The van der Waals surface area contributed by atoms with Crippen molar-refractivity contribution in [2.75, 3.05) is 25.1 Å². The molecule has 0 aliphatic heterocycles. The van der Waals surface area contributed by atoms with Gasteiger partial charge >= 0.3 is 18.9 Å². The van der Waals surface area contributed by atoms with E-state index in [4.69, 9.17) is 4.43 Å². The number of likely N-dealkylation sites (N-methyl/N-ethyl adjacent to an activating group) is 1. The third-order valence-corrected chi connectivity index (χ3v) is 8.23. The van der Waals surface area contributed by atoms with E-state index in [0.29, 0.717) is 0 Å². The summed E-state index contributed by atoms with van der Waals surface area (Å²) < 4.78 is 6.15. The van der Waals surface area contributed by atoms with Crippen LogP contribution in [0.3, 0.4) is 0 Å². The van der Waals surface area contributed by atoms with Gasteiger partial charge in [0.05, 0.1) is 6.61 Å². The van der Waals surface area contributed by atoms with Gasteiger partial charge in [0, 0.05) is 19.4 Å². The van der Waals surface area contributed by atoms with E-state index in [9.17, 15) is 0 Å². The molecule has 0 atom stereocenters. The van der Waals surface area contributed by atoms with E-state index in [1.165, 1.54) is 0 Å². The SMILES string of the molecule is CN(CCO[Si](C)(C)C(C)(C)C)c1cc[c-]cn1.[Li+]. The van der Waals surface area contributed by atoms with Crippen LogP contribution in [-0.4, -0.2) is 33.5 Å². The third-order valence-electron chi connectivity index (χ3n) is 3.69. The number of aromatic nitrogens is 1. The molecule has 0 N–H and O–H groups in total. The van der Waals surface area contributed by atoms with Crippen molar-refractivity contribution in [1.29, 1.82) is 0 Å². The minimum Gasteiger partial charge on any atom is -0.415 e. The molecule has 102 valence electrons. The van der Waals surface area contributed by atoms with Crippen molar-refractivity contribution in [3.05, 3.63) is 24.4 Å². The molecule has 0 amide bonds. The Balaban J connectivity index is 0.00000324. The zero-order chi connectivity index (χ0) is 13.8. The molecule has 1 rings (SSSR count). The predicted octanol–water partition coefficient (Wildman–Crippen LogP) is 0.344. The molecular weight excluding hydrogens is 247 g/mol. The van der Waals surface area contributed by atoms with Crippen LogP contribution in [0.5, 0.6) is 0 Å². The molecule has 0 unspecified atom stereocenters. The first-order valence-electron chi connectivity index (χ1n) is 6.41. The summed E-state index contributed by atoms with van der Waals surface area (Å²) in [6.07, 6.45) is 1.69. The van der Waals surface area contributed by atoms with Crippen LogP contribution < -0.4 is 23.8 Å². The summed E-state index contributed by atoms with van der Waals surface area (Å²) in [5, 5.41) is 0.269. The molecule has 0 bridgehead atoms. The Morgan fingerprint density at radius 1 is 1.37 bits per heavy atom. The van der Waals surface area contributed by atoms with Crippen LogP contribution in [0.4, 0.5) is 5.82 Å². The molecular formula is C14H25LiN2OSi. The van der Waals surface area contributed by atoms with Gasteiger partial charge in [-0.25, -0.2) is 12.1 Å². The fourth-order valence-electron chi connectivity index (χ4n) is 1.31. The van der Waals surface area contributed by atoms with Crippen LogP contribution in [0.15, 0.2) is 18.3 Å². The summed E-state index contributed by atoms with van der Waals surface area (Å²) in [4.78, 5) is 6.38. The van der Waals surface area contributed by atoms with Crippen molar-refractivity contribution >= 4 is 14.1 Å². The maximum Gasteiger partial charge on any atom is 1.00 e. The summed E-state index contributed by atoms with van der Waals surface area (Å²) in [5.74, 6) is 0.965. The fourth-order valence-corrected chi connectivity index (χ4v) is 2.34. The standard InChI is InChI=1S/C14H25N2OSi.Li/c1-14(2,3)18(5,6)17-12-11-16(4)13-9-7-8-10-15-13;/h7,9-10H,11-12H2,1-6H3;/q-1;+1. The van der Waals surface area contributed by atoms with Gasteiger partial charge in [-0.1, -0.05) is 27.0 Å². The fraction of sp³-hybridized carbons (Fsp3) is 0.643. The minimum absolute atomic E-state index is 0. The van der Waals surface area contributed by atoms with E-state index in [1.807, 2.05) is 19.2 Å². The number of anilines is 1. The number of nitrogens with zero attached hydrogens (tertiary/aromatic N) is 2. The van der Waals surface area contributed by atoms with Crippen molar-refractivity contribution in [2.24, 2.45) is 0 Å². The van der Waals surface area contributed by atoms with E-state index < -0.39 is 8.32 Å². The molecule has 0 aliphatic carbocycles. The molecule has 0 radical (unpaired) electrons. The molecule has 0 aromatic carbocycles. The molecule has 19 heavy (non-hydrogen) atoms. The Kier molecular flexibility index (Phi) is 7.38. The maximum atomic E-state index is 6.15. The Morgan fingerprint density at radius 3 is 2.47 bits per heavy atom. The zero-order valence-corrected chi connectivity index (χ0v) is 14.4. The Labute approximate surface area is 131 Å². The smallest absolute Gasteiger partial charge is 0.415 e. The molecule has 0 aliphatic rings. The summed E-state index contributed by atoms with van der Waals surface area (Å²) in [6.45, 7) is 13.0. The zero-order valence-electron chi connectivity index (χ0n) is 13.4. The van der Waals surface area contributed by atoms with Crippen LogP contribution in [-0.2, 0) is 4.43 Å². The predicted molar refractivity (Wildman–Crippen MR) is 79.5 cm³/mol. The minimum atomic E-state index is -1.63. The molecule has 5 heteroatoms. The first-order chi connectivity index (χ1) is 8.24. The van der Waals surface area contributed by atoms with E-state index in [0.717, 1.165) is 19.0 Å². The van der Waals surface area contributed by atoms with Gasteiger partial charge < -0.3 is 9.33 Å². The van der Waals surface area contributed by atoms with Crippen LogP contribution in [0.25, 0.3) is 0 Å². The average molecular weight is 272 g/mol. The molecule has 1 aromatic heterocycles. The van der Waals surface area contributed by atoms with Gasteiger partial charge in [-0.05, 0) is 18.1 Å². The maximum absolute atomic E-state index is 6.15. The molecule has 0 saturated carbocycles. The van der Waals surface area contributed by atoms with Crippen LogP contribution >= 0.6 is 0 Å². The molecule has 3 nitrogen and oxygen atoms in total. The number of rotatable bonds is 5. The molecule has 0 spiro atoms. The van der Waals surface area contributed by atoms with Crippen LogP contribution in [0.1, 0.15) is 20.8 Å². The number of pyridine rings is 1. The van der Waals surface area contributed by atoms with Gasteiger partial charge in [0.1, 0.15) is 0 Å². The second-order valence-electron chi connectivity index (χ2n) is 6.15. The summed E-state index contributed by atoms with van der Waals surface area (Å²) in [6, 6.07) is 6.77. The van der Waals surface area contributed by atoms with E-state index in [2.05, 4.69) is 49.8 Å². The topological polar surface area (TPSA) is 25.4 Å². The largest absolute Gasteiger partial charge is 1.00 e. The average Bonchev–Trinajstić information content (AvgIpc) is 2.28. The van der Waals surface area contributed by atoms with Crippen molar-refractivity contribution in [3.63, 3.8) is 0 Å². The van der Waals surface area contributed by atoms with Crippen molar-refractivity contribution < 1.29 is 23.3 Å². The van der Waals surface area contributed by atoms with Gasteiger partial charge in [0.2, 0.25) is 0 Å². The van der Waals surface area contributed by atoms with Gasteiger partial charge in [-0.15, -0.1) is 0 Å². The number of hydrogen-bond donors (Lipinski definition) is 0. The Hall–Kier alpha value is -0.276. The van der Waals surface area contributed by atoms with Crippen molar-refractivity contribution in [1.82, 2.24) is 4.98 Å². The Bertz CT molecular complexity index is 365. The third kappa shape index (κ3) is 5.70. The van der Waals surface area contributed by atoms with Crippen molar-refractivity contribution in [3.8, 4) is 0 Å². The van der Waals surface area contributed by atoms with Gasteiger partial charge in [-0.2, -0.15) is 6.07 Å². The van der Waals surface area contributed by atoms with Gasteiger partial charge in [0.15, 0.2) is 8.32 Å². The van der Waals surface area contributed by atoms with E-state index in [-0.39, 0.29) is 23.9 Å². The summed E-state index contributed by atoms with van der Waals surface area (Å²) in [5.41, 5.74) is 0. The van der Waals surface area contributed by atoms with E-state index in [1.54, 1.807) is 6.20 Å². The van der Waals surface area contributed by atoms with Gasteiger partial charge in [0.25, 0.3) is 0 Å². The first-order valence-corrected chi connectivity index (χ1v) is 9.32. The molecule has 0 fully saturated rings. The van der Waals surface area contributed by atoms with Crippen LogP contribution in [0.2, 0.25) is 18.1 Å². The quantitative estimate of drug-likeness (QED) is 0.571. The van der Waals surface area contributed by atoms with Crippen LogP contribution in [0, 0.1) is 6.07 Å². The first kappa shape index (κ1) is 18.7. The van der Waals surface area contributed by atoms with E-state index >= 15 is 0 Å².